The third-order valence-corrected chi connectivity index (χ3v) is 3.03. The predicted octanol–water partition coefficient (Wildman–Crippen LogP) is 2.27. The summed E-state index contributed by atoms with van der Waals surface area (Å²) in [7, 11) is 0. The second kappa shape index (κ2) is 4.25. The molecule has 2 N–H and O–H groups in total. The van der Waals surface area contributed by atoms with E-state index in [1.54, 1.807) is 18.2 Å². The van der Waals surface area contributed by atoms with Crippen molar-refractivity contribution in [1.82, 2.24) is 5.32 Å². The molecular formula is C13H18ClNO2. The Balaban J connectivity index is 2.42. The molecule has 0 unspecified atom stereocenters. The smallest absolute Gasteiger partial charge is 0.208 e. The third-order valence-electron chi connectivity index (χ3n) is 2.80. The normalized spacial score (nSPS) is 39.1. The van der Waals surface area contributed by atoms with Gasteiger partial charge in [0.05, 0.1) is 12.6 Å². The molecule has 17 heavy (non-hydrogen) atoms. The lowest BCUT2D eigenvalue weighted by atomic mass is 9.93. The van der Waals surface area contributed by atoms with Crippen molar-refractivity contribution in [3.63, 3.8) is 0 Å². The van der Waals surface area contributed by atoms with Gasteiger partial charge in [-0.1, -0.05) is 23.7 Å². The Hall–Kier alpha value is -0.610. The summed E-state index contributed by atoms with van der Waals surface area (Å²) < 4.78 is 51.1. The Kier molecular flexibility index (Phi) is 1.77. The van der Waals surface area contributed by atoms with Crippen molar-refractivity contribution in [1.29, 1.82) is 0 Å². The average Bonchev–Trinajstić information content (AvgIpc) is 2.39. The number of rotatable bonds is 1. The van der Waals surface area contributed by atoms with Gasteiger partial charge in [-0.25, -0.2) is 0 Å². The van der Waals surface area contributed by atoms with Crippen LogP contribution in [0.3, 0.4) is 0 Å². The first-order chi connectivity index (χ1) is 10.3. The highest BCUT2D eigenvalue weighted by atomic mass is 35.5. The van der Waals surface area contributed by atoms with Gasteiger partial charge in [-0.3, -0.25) is 0 Å². The van der Waals surface area contributed by atoms with E-state index in [-0.39, 0.29) is 0 Å². The lowest BCUT2D eigenvalue weighted by molar-refractivity contribution is -0.263. The van der Waals surface area contributed by atoms with E-state index in [0.717, 1.165) is 0 Å². The highest BCUT2D eigenvalue weighted by Gasteiger charge is 2.44. The maximum absolute atomic E-state index is 10.8. The Bertz CT molecular complexity index is 577. The summed E-state index contributed by atoms with van der Waals surface area (Å²) in [4.78, 5) is 0. The van der Waals surface area contributed by atoms with Crippen LogP contribution in [0.2, 0.25) is 5.02 Å². The van der Waals surface area contributed by atoms with Gasteiger partial charge in [-0.2, -0.15) is 0 Å². The van der Waals surface area contributed by atoms with Crippen molar-refractivity contribution in [3.05, 3.63) is 34.9 Å². The second-order valence-corrected chi connectivity index (χ2v) is 4.70. The Morgan fingerprint density at radius 3 is 2.94 bits per heavy atom. The molecule has 1 aliphatic rings. The van der Waals surface area contributed by atoms with E-state index < -0.39 is 37.7 Å². The zero-order valence-corrected chi connectivity index (χ0v) is 10.1. The first-order valence-electron chi connectivity index (χ1n) is 8.24. The van der Waals surface area contributed by atoms with Crippen LogP contribution in [0, 0.1) is 0 Å². The molecule has 1 fully saturated rings. The predicted molar refractivity (Wildman–Crippen MR) is 68.0 cm³/mol. The standard InChI is InChI=1S/C13H18ClNO2/c1-9-13(16,17-8-12(2,3)15-9)10-5-4-6-11(14)7-10/h4-7,9,15-16H,8H2,1-3H3/t9-,13+/m1/s1/i2D3,3D3. The molecule has 1 aromatic carbocycles. The molecule has 0 spiro atoms. The van der Waals surface area contributed by atoms with Gasteiger partial charge in [0.25, 0.3) is 0 Å². The maximum atomic E-state index is 10.8. The molecule has 0 amide bonds. The summed E-state index contributed by atoms with van der Waals surface area (Å²) in [5.41, 5.74) is -1.95. The average molecular weight is 262 g/mol. The van der Waals surface area contributed by atoms with Crippen molar-refractivity contribution < 1.29 is 18.1 Å². The summed E-state index contributed by atoms with van der Waals surface area (Å²) in [6, 6.07) is 5.29. The first kappa shape index (κ1) is 7.10. The molecule has 1 heterocycles. The van der Waals surface area contributed by atoms with E-state index in [9.17, 15) is 5.11 Å². The van der Waals surface area contributed by atoms with Gasteiger partial charge in [-0.15, -0.1) is 0 Å². The van der Waals surface area contributed by atoms with Crippen molar-refractivity contribution >= 4 is 11.6 Å². The highest BCUT2D eigenvalue weighted by molar-refractivity contribution is 6.30. The lowest BCUT2D eigenvalue weighted by Crippen LogP contribution is -2.63. The zero-order valence-electron chi connectivity index (χ0n) is 15.3. The molecule has 1 aliphatic heterocycles. The highest BCUT2D eigenvalue weighted by Crippen LogP contribution is 2.33. The number of morpholine rings is 1. The van der Waals surface area contributed by atoms with Gasteiger partial charge >= 0.3 is 0 Å². The molecule has 0 radical (unpaired) electrons. The summed E-state index contributed by atoms with van der Waals surface area (Å²) >= 11 is 5.91. The van der Waals surface area contributed by atoms with Crippen molar-refractivity contribution in [2.24, 2.45) is 0 Å². The minimum Gasteiger partial charge on any atom is -0.361 e. The van der Waals surface area contributed by atoms with E-state index in [1.165, 1.54) is 13.0 Å². The number of hydrogen-bond acceptors (Lipinski definition) is 3. The number of halogens is 1. The van der Waals surface area contributed by atoms with Crippen molar-refractivity contribution in [3.8, 4) is 0 Å². The van der Waals surface area contributed by atoms with Crippen LogP contribution in [0.5, 0.6) is 0 Å². The maximum Gasteiger partial charge on any atom is 0.208 e. The van der Waals surface area contributed by atoms with Gasteiger partial charge < -0.3 is 15.2 Å². The summed E-state index contributed by atoms with van der Waals surface area (Å²) in [6.45, 7) is -4.93. The Morgan fingerprint density at radius 2 is 2.35 bits per heavy atom. The van der Waals surface area contributed by atoms with E-state index in [1.807, 2.05) is 0 Å². The van der Waals surface area contributed by atoms with E-state index in [0.29, 0.717) is 10.6 Å². The van der Waals surface area contributed by atoms with E-state index in [2.05, 4.69) is 5.32 Å². The summed E-state index contributed by atoms with van der Waals surface area (Å²) in [5.74, 6) is -1.88. The van der Waals surface area contributed by atoms with Gasteiger partial charge in [0, 0.05) is 24.3 Å². The van der Waals surface area contributed by atoms with Gasteiger partial charge in [-0.05, 0) is 32.8 Å². The van der Waals surface area contributed by atoms with Crippen molar-refractivity contribution in [2.75, 3.05) is 6.61 Å². The van der Waals surface area contributed by atoms with E-state index >= 15 is 0 Å². The molecule has 3 nitrogen and oxygen atoms in total. The monoisotopic (exact) mass is 261 g/mol. The molecular weight excluding hydrogens is 238 g/mol. The fourth-order valence-corrected chi connectivity index (χ4v) is 2.09. The molecule has 4 heteroatoms. The molecule has 1 saturated heterocycles. The molecule has 2 rings (SSSR count). The van der Waals surface area contributed by atoms with Crippen LogP contribution in [0.15, 0.2) is 24.3 Å². The van der Waals surface area contributed by atoms with Crippen LogP contribution in [-0.2, 0) is 10.5 Å². The minimum atomic E-state index is -2.85. The van der Waals surface area contributed by atoms with E-state index in [4.69, 9.17) is 24.6 Å². The van der Waals surface area contributed by atoms with Crippen LogP contribution in [-0.4, -0.2) is 23.3 Å². The number of ether oxygens (including phenoxy) is 1. The summed E-state index contributed by atoms with van der Waals surface area (Å²) in [6.07, 6.45) is 0. The lowest BCUT2D eigenvalue weighted by Gasteiger charge is -2.46. The zero-order chi connectivity index (χ0) is 17.7. The van der Waals surface area contributed by atoms with Crippen molar-refractivity contribution in [2.45, 2.75) is 38.0 Å². The molecule has 2 atom stereocenters. The number of benzene rings is 1. The fraction of sp³-hybridized carbons (Fsp3) is 0.538. The van der Waals surface area contributed by atoms with Crippen LogP contribution < -0.4 is 5.32 Å². The SMILES string of the molecule is [2H]C([2H])([2H])C1(C([2H])([2H])[2H])CO[C@](O)(c2cccc(Cl)c2)[C@@H](C)N1. The Labute approximate surface area is 115 Å². The minimum absolute atomic E-state index is 0.315. The van der Waals surface area contributed by atoms with Crippen LogP contribution in [0.25, 0.3) is 0 Å². The molecule has 0 saturated carbocycles. The number of hydrogen-bond donors (Lipinski definition) is 2. The third kappa shape index (κ3) is 2.47. The van der Waals surface area contributed by atoms with Gasteiger partial charge in [0.15, 0.2) is 0 Å². The largest absolute Gasteiger partial charge is 0.361 e. The Morgan fingerprint density at radius 1 is 1.59 bits per heavy atom. The number of nitrogens with one attached hydrogen (secondary N) is 1. The summed E-state index contributed by atoms with van der Waals surface area (Å²) in [5, 5.41) is 13.7. The van der Waals surface area contributed by atoms with Crippen LogP contribution in [0.1, 0.15) is 34.4 Å². The molecule has 1 aromatic rings. The molecule has 0 aliphatic carbocycles. The van der Waals surface area contributed by atoms with Crippen LogP contribution in [0.4, 0.5) is 0 Å². The quantitative estimate of drug-likeness (QED) is 0.815. The molecule has 0 aromatic heterocycles. The molecule has 0 bridgehead atoms. The topological polar surface area (TPSA) is 41.5 Å². The first-order valence-corrected chi connectivity index (χ1v) is 5.61. The van der Waals surface area contributed by atoms with Gasteiger partial charge in [0.1, 0.15) is 0 Å². The van der Waals surface area contributed by atoms with Gasteiger partial charge in [0.2, 0.25) is 5.79 Å². The number of aliphatic hydroxyl groups is 1. The fourth-order valence-electron chi connectivity index (χ4n) is 1.90. The van der Waals surface area contributed by atoms with Crippen LogP contribution >= 0.6 is 11.6 Å². The second-order valence-electron chi connectivity index (χ2n) is 4.27. The molecule has 94 valence electrons.